The smallest absolute Gasteiger partial charge is 0.269 e. The summed E-state index contributed by atoms with van der Waals surface area (Å²) in [4.78, 5) is 33.7. The Morgan fingerprint density at radius 1 is 1.31 bits per heavy atom. The molecule has 150 valence electrons. The molecule has 1 aliphatic rings. The zero-order valence-corrected chi connectivity index (χ0v) is 16.3. The van der Waals surface area contributed by atoms with E-state index in [1.807, 2.05) is 0 Å². The van der Waals surface area contributed by atoms with Crippen LogP contribution in [0.2, 0.25) is 0 Å². The number of nitrogens with two attached hydrogens (primary N) is 1. The third-order valence-corrected chi connectivity index (χ3v) is 4.66. The summed E-state index contributed by atoms with van der Waals surface area (Å²) in [5.41, 5.74) is 8.12. The summed E-state index contributed by atoms with van der Waals surface area (Å²) in [6.45, 7) is 1.96. The van der Waals surface area contributed by atoms with E-state index in [-0.39, 0.29) is 36.2 Å². The van der Waals surface area contributed by atoms with Gasteiger partial charge >= 0.3 is 0 Å². The summed E-state index contributed by atoms with van der Waals surface area (Å²) in [6.07, 6.45) is 3.98. The zero-order valence-electron chi connectivity index (χ0n) is 16.3. The minimum atomic E-state index is -0.514. The Balaban J connectivity index is 1.68. The maximum atomic E-state index is 14.5. The molecule has 3 rings (SSSR count). The van der Waals surface area contributed by atoms with Crippen LogP contribution in [0.25, 0.3) is 0 Å². The van der Waals surface area contributed by atoms with E-state index >= 15 is 0 Å². The summed E-state index contributed by atoms with van der Waals surface area (Å²) in [6, 6.07) is 8.10. The molecule has 0 unspecified atom stereocenters. The van der Waals surface area contributed by atoms with Crippen molar-refractivity contribution in [3.05, 3.63) is 65.2 Å². The number of nitrogens with zero attached hydrogens (tertiary/aromatic N) is 3. The van der Waals surface area contributed by atoms with Gasteiger partial charge < -0.3 is 16.0 Å². The summed E-state index contributed by atoms with van der Waals surface area (Å²) in [7, 11) is 1.54. The number of hydrogen-bond donors (Lipinski definition) is 2. The van der Waals surface area contributed by atoms with Crippen molar-refractivity contribution in [3.8, 4) is 0 Å². The molecular formula is C21H22FN5O2. The van der Waals surface area contributed by atoms with E-state index in [4.69, 9.17) is 5.73 Å². The molecule has 0 fully saturated rings. The first kappa shape index (κ1) is 20.2. The summed E-state index contributed by atoms with van der Waals surface area (Å²) in [5.74, 6) is -0.669. The van der Waals surface area contributed by atoms with Crippen molar-refractivity contribution >= 4 is 29.0 Å². The number of nitrogen functional groups attached to an aromatic ring is 1. The number of amides is 2. The van der Waals surface area contributed by atoms with Gasteiger partial charge in [0.2, 0.25) is 5.91 Å². The van der Waals surface area contributed by atoms with Gasteiger partial charge in [-0.05, 0) is 29.8 Å². The first-order chi connectivity index (χ1) is 13.9. The average Bonchev–Trinajstić information content (AvgIpc) is 3.22. The van der Waals surface area contributed by atoms with Crippen molar-refractivity contribution in [2.24, 2.45) is 4.99 Å². The SMILES string of the molecule is CCC(=O)N(C)c1ccc(C2=NC(C(=O)NCc3cccnc3N)=CC2)cc1F. The van der Waals surface area contributed by atoms with Gasteiger partial charge in [-0.3, -0.25) is 9.59 Å². The van der Waals surface area contributed by atoms with Gasteiger partial charge in [0.25, 0.3) is 5.91 Å². The lowest BCUT2D eigenvalue weighted by molar-refractivity contribution is -0.118. The van der Waals surface area contributed by atoms with E-state index in [1.54, 1.807) is 43.5 Å². The minimum Gasteiger partial charge on any atom is -0.383 e. The molecule has 0 saturated carbocycles. The minimum absolute atomic E-state index is 0.176. The number of nitrogens with one attached hydrogen (secondary N) is 1. The van der Waals surface area contributed by atoms with Crippen LogP contribution in [0.1, 0.15) is 30.9 Å². The lowest BCUT2D eigenvalue weighted by atomic mass is 10.1. The molecule has 2 amide bonds. The molecule has 0 saturated heterocycles. The molecular weight excluding hydrogens is 373 g/mol. The Hall–Kier alpha value is -3.55. The van der Waals surface area contributed by atoms with Crippen molar-refractivity contribution in [1.29, 1.82) is 0 Å². The maximum absolute atomic E-state index is 14.5. The van der Waals surface area contributed by atoms with Crippen molar-refractivity contribution in [2.75, 3.05) is 17.7 Å². The second-order valence-electron chi connectivity index (χ2n) is 6.55. The van der Waals surface area contributed by atoms with Gasteiger partial charge in [0.15, 0.2) is 0 Å². The second kappa shape index (κ2) is 8.64. The molecule has 0 radical (unpaired) electrons. The number of hydrogen-bond acceptors (Lipinski definition) is 5. The molecule has 1 aromatic heterocycles. The van der Waals surface area contributed by atoms with Crippen molar-refractivity contribution in [1.82, 2.24) is 10.3 Å². The molecule has 1 aromatic carbocycles. The van der Waals surface area contributed by atoms with E-state index in [0.717, 1.165) is 0 Å². The zero-order chi connectivity index (χ0) is 21.0. The Labute approximate surface area is 168 Å². The number of aromatic nitrogens is 1. The van der Waals surface area contributed by atoms with Gasteiger partial charge in [0, 0.05) is 38.2 Å². The molecule has 8 heteroatoms. The van der Waals surface area contributed by atoms with Gasteiger partial charge in [-0.25, -0.2) is 14.4 Å². The van der Waals surface area contributed by atoms with Gasteiger partial charge in [0.05, 0.1) is 11.4 Å². The van der Waals surface area contributed by atoms with E-state index in [0.29, 0.717) is 29.1 Å². The molecule has 0 aliphatic carbocycles. The fraction of sp³-hybridized carbons (Fsp3) is 0.238. The largest absolute Gasteiger partial charge is 0.383 e. The number of rotatable bonds is 6. The van der Waals surface area contributed by atoms with Crippen LogP contribution in [-0.2, 0) is 16.1 Å². The highest BCUT2D eigenvalue weighted by Gasteiger charge is 2.19. The Morgan fingerprint density at radius 2 is 2.10 bits per heavy atom. The molecule has 0 atom stereocenters. The lowest BCUT2D eigenvalue weighted by Gasteiger charge is -2.17. The molecule has 3 N–H and O–H groups in total. The van der Waals surface area contributed by atoms with Gasteiger partial charge in [-0.2, -0.15) is 0 Å². The quantitative estimate of drug-likeness (QED) is 0.785. The van der Waals surface area contributed by atoms with Gasteiger partial charge in [-0.15, -0.1) is 0 Å². The predicted molar refractivity (Wildman–Crippen MR) is 110 cm³/mol. The first-order valence-electron chi connectivity index (χ1n) is 9.22. The average molecular weight is 395 g/mol. The highest BCUT2D eigenvalue weighted by Crippen LogP contribution is 2.23. The van der Waals surface area contributed by atoms with Crippen LogP contribution >= 0.6 is 0 Å². The van der Waals surface area contributed by atoms with Crippen LogP contribution in [0.4, 0.5) is 15.9 Å². The normalized spacial score (nSPS) is 12.9. The van der Waals surface area contributed by atoms with Crippen LogP contribution in [-0.4, -0.2) is 29.6 Å². The summed E-state index contributed by atoms with van der Waals surface area (Å²) >= 11 is 0. The van der Waals surface area contributed by atoms with Crippen molar-refractivity contribution < 1.29 is 14.0 Å². The number of halogens is 1. The van der Waals surface area contributed by atoms with E-state index in [9.17, 15) is 14.0 Å². The molecule has 2 aromatic rings. The van der Waals surface area contributed by atoms with Crippen LogP contribution < -0.4 is 16.0 Å². The molecule has 2 heterocycles. The molecule has 1 aliphatic heterocycles. The first-order valence-corrected chi connectivity index (χ1v) is 9.22. The third kappa shape index (κ3) is 4.48. The van der Waals surface area contributed by atoms with Crippen LogP contribution in [0.5, 0.6) is 0 Å². The Morgan fingerprint density at radius 3 is 2.79 bits per heavy atom. The van der Waals surface area contributed by atoms with Gasteiger partial charge in [0.1, 0.15) is 17.3 Å². The molecule has 0 spiro atoms. The van der Waals surface area contributed by atoms with Crippen LogP contribution in [0.3, 0.4) is 0 Å². The van der Waals surface area contributed by atoms with E-state index in [2.05, 4.69) is 15.3 Å². The monoisotopic (exact) mass is 395 g/mol. The molecule has 0 bridgehead atoms. The highest BCUT2D eigenvalue weighted by atomic mass is 19.1. The fourth-order valence-corrected chi connectivity index (χ4v) is 2.95. The third-order valence-electron chi connectivity index (χ3n) is 4.66. The summed E-state index contributed by atoms with van der Waals surface area (Å²) < 4.78 is 14.5. The number of benzene rings is 1. The number of anilines is 2. The number of allylic oxidation sites excluding steroid dienone is 1. The standard InChI is InChI=1S/C21H22FN5O2/c1-3-19(28)27(2)18-9-6-13(11-15(18)22)16-7-8-17(26-16)21(29)25-12-14-5-4-10-24-20(14)23/h4-6,8-11H,3,7,12H2,1-2H3,(H2,23,24)(H,25,29). The summed E-state index contributed by atoms with van der Waals surface area (Å²) in [5, 5.41) is 2.76. The van der Waals surface area contributed by atoms with E-state index < -0.39 is 5.82 Å². The van der Waals surface area contributed by atoms with Crippen LogP contribution in [0.15, 0.2) is 53.3 Å². The topological polar surface area (TPSA) is 101 Å². The fourth-order valence-electron chi connectivity index (χ4n) is 2.95. The Kier molecular flexibility index (Phi) is 6.01. The van der Waals surface area contributed by atoms with Gasteiger partial charge in [-0.1, -0.05) is 19.1 Å². The second-order valence-corrected chi connectivity index (χ2v) is 6.55. The number of carbonyl (C=O) groups is 2. The maximum Gasteiger partial charge on any atom is 0.269 e. The van der Waals surface area contributed by atoms with Crippen molar-refractivity contribution in [3.63, 3.8) is 0 Å². The lowest BCUT2D eigenvalue weighted by Crippen LogP contribution is -2.26. The number of aliphatic imine (C=N–C) groups is 1. The number of pyridine rings is 1. The van der Waals surface area contributed by atoms with Crippen molar-refractivity contribution in [2.45, 2.75) is 26.3 Å². The highest BCUT2D eigenvalue weighted by molar-refractivity contribution is 6.09. The number of carbonyl (C=O) groups excluding carboxylic acids is 2. The van der Waals surface area contributed by atoms with Crippen LogP contribution in [0, 0.1) is 5.82 Å². The van der Waals surface area contributed by atoms with E-state index in [1.165, 1.54) is 18.0 Å². The molecule has 7 nitrogen and oxygen atoms in total. The Bertz CT molecular complexity index is 1020. The molecule has 29 heavy (non-hydrogen) atoms. The predicted octanol–water partition coefficient (Wildman–Crippen LogP) is 2.57.